The molecule has 2 atom stereocenters. The van der Waals surface area contributed by atoms with Crippen LogP contribution in [0, 0.1) is 12.5 Å². The highest BCUT2D eigenvalue weighted by Crippen LogP contribution is 2.42. The Morgan fingerprint density at radius 3 is 2.30 bits per heavy atom. The van der Waals surface area contributed by atoms with Crippen LogP contribution < -0.4 is 0 Å². The van der Waals surface area contributed by atoms with Crippen molar-refractivity contribution < 1.29 is 19.1 Å². The number of carbonyl (C=O) groups is 3. The third-order valence-electron chi connectivity index (χ3n) is 4.82. The molecule has 0 saturated carbocycles. The number of ether oxygens (including phenoxy) is 1. The van der Waals surface area contributed by atoms with Crippen molar-refractivity contribution in [3.8, 4) is 0 Å². The number of carbonyl (C=O) groups excluding carboxylic acids is 3. The monoisotopic (exact) mass is 362 g/mol. The highest BCUT2D eigenvalue weighted by atomic mass is 16.5. The number of methoxy groups -OCH3 is 1. The number of likely N-dealkylation sites (tertiary alicyclic amines) is 1. The van der Waals surface area contributed by atoms with Gasteiger partial charge in [0.15, 0.2) is 0 Å². The maximum Gasteiger partial charge on any atom is 0.399 e. The average molecular weight is 362 g/mol. The van der Waals surface area contributed by atoms with E-state index in [0.29, 0.717) is 5.56 Å². The number of rotatable bonds is 5. The molecule has 1 saturated heterocycles. The molecule has 6 nitrogen and oxygen atoms in total. The van der Waals surface area contributed by atoms with Crippen LogP contribution in [0.2, 0.25) is 0 Å². The molecule has 3 rings (SSSR count). The molecule has 1 fully saturated rings. The quantitative estimate of drug-likeness (QED) is 0.466. The SMILES string of the molecule is [C-]#[N+][C@@](C(=O)OC)(c1ccccc1)[C@H]1CC(=O)N(Cc2ccccc2)C1=O. The highest BCUT2D eigenvalue weighted by molar-refractivity contribution is 6.07. The van der Waals surface area contributed by atoms with Crippen LogP contribution in [0.25, 0.3) is 4.85 Å². The Morgan fingerprint density at radius 2 is 1.74 bits per heavy atom. The predicted octanol–water partition coefficient (Wildman–Crippen LogP) is 2.55. The fraction of sp³-hybridized carbons (Fsp3) is 0.238. The maximum absolute atomic E-state index is 13.1. The van der Waals surface area contributed by atoms with Crippen molar-refractivity contribution in [1.82, 2.24) is 4.90 Å². The predicted molar refractivity (Wildman–Crippen MR) is 96.8 cm³/mol. The molecular formula is C21H18N2O4. The van der Waals surface area contributed by atoms with Crippen molar-refractivity contribution in [3.63, 3.8) is 0 Å². The van der Waals surface area contributed by atoms with Crippen LogP contribution in [0.15, 0.2) is 60.7 Å². The van der Waals surface area contributed by atoms with Crippen molar-refractivity contribution in [1.29, 1.82) is 0 Å². The van der Waals surface area contributed by atoms with Crippen LogP contribution in [0.4, 0.5) is 0 Å². The molecule has 2 amide bonds. The Kier molecular flexibility index (Phi) is 5.04. The van der Waals surface area contributed by atoms with E-state index in [0.717, 1.165) is 10.5 Å². The Morgan fingerprint density at radius 1 is 1.15 bits per heavy atom. The number of nitrogens with zero attached hydrogens (tertiary/aromatic N) is 2. The lowest BCUT2D eigenvalue weighted by Gasteiger charge is -2.24. The molecule has 0 unspecified atom stereocenters. The van der Waals surface area contributed by atoms with Crippen LogP contribution in [0.1, 0.15) is 17.5 Å². The van der Waals surface area contributed by atoms with Gasteiger partial charge in [-0.05, 0) is 5.56 Å². The first-order valence-corrected chi connectivity index (χ1v) is 8.45. The third kappa shape index (κ3) is 3.08. The molecule has 136 valence electrons. The van der Waals surface area contributed by atoms with E-state index in [1.807, 2.05) is 30.3 Å². The normalized spacial score (nSPS) is 18.7. The van der Waals surface area contributed by atoms with Crippen LogP contribution in [0.3, 0.4) is 0 Å². The van der Waals surface area contributed by atoms with Gasteiger partial charge in [0, 0.05) is 12.0 Å². The summed E-state index contributed by atoms with van der Waals surface area (Å²) in [5.41, 5.74) is -0.737. The first-order chi connectivity index (χ1) is 13.0. The second-order valence-electron chi connectivity index (χ2n) is 6.30. The minimum atomic E-state index is -1.88. The molecule has 1 aliphatic heterocycles. The van der Waals surface area contributed by atoms with Crippen molar-refractivity contribution in [3.05, 3.63) is 83.2 Å². The van der Waals surface area contributed by atoms with E-state index in [9.17, 15) is 14.4 Å². The summed E-state index contributed by atoms with van der Waals surface area (Å²) in [6.45, 7) is 7.84. The Labute approximate surface area is 157 Å². The van der Waals surface area contributed by atoms with Gasteiger partial charge in [0.2, 0.25) is 11.8 Å². The van der Waals surface area contributed by atoms with Gasteiger partial charge >= 0.3 is 11.5 Å². The minimum absolute atomic E-state index is 0.110. The zero-order valence-electron chi connectivity index (χ0n) is 14.8. The van der Waals surface area contributed by atoms with E-state index >= 15 is 0 Å². The fourth-order valence-corrected chi connectivity index (χ4v) is 3.44. The summed E-state index contributed by atoms with van der Waals surface area (Å²) in [7, 11) is 1.17. The van der Waals surface area contributed by atoms with Crippen molar-refractivity contribution >= 4 is 17.8 Å². The van der Waals surface area contributed by atoms with Crippen molar-refractivity contribution in [2.45, 2.75) is 18.5 Å². The molecule has 1 heterocycles. The van der Waals surface area contributed by atoms with E-state index in [1.165, 1.54) is 7.11 Å². The topological polar surface area (TPSA) is 68.0 Å². The summed E-state index contributed by atoms with van der Waals surface area (Å²) >= 11 is 0. The standard InChI is InChI=1S/C21H18N2O4/c1-22-21(20(26)27-2,16-11-7-4-8-12-16)17-13-18(24)23(19(17)25)14-15-9-5-3-6-10-15/h3-12,17H,13-14H2,2H3/t17-,21-/m0/s1. The molecule has 2 aromatic carbocycles. The molecule has 1 aliphatic rings. The van der Waals surface area contributed by atoms with Gasteiger partial charge in [-0.2, -0.15) is 0 Å². The summed E-state index contributed by atoms with van der Waals surface area (Å²) in [5, 5.41) is 0. The van der Waals surface area contributed by atoms with E-state index in [4.69, 9.17) is 11.3 Å². The molecule has 0 N–H and O–H groups in total. The lowest BCUT2D eigenvalue weighted by Crippen LogP contribution is -2.45. The van der Waals surface area contributed by atoms with Gasteiger partial charge in [-0.1, -0.05) is 60.7 Å². The number of benzene rings is 2. The number of hydrogen-bond acceptors (Lipinski definition) is 4. The van der Waals surface area contributed by atoms with Gasteiger partial charge < -0.3 is 4.74 Å². The minimum Gasteiger partial charge on any atom is -0.463 e. The number of hydrogen-bond donors (Lipinski definition) is 0. The lowest BCUT2D eigenvalue weighted by molar-refractivity contribution is -0.151. The first kappa shape index (κ1) is 18.3. The van der Waals surface area contributed by atoms with Crippen LogP contribution in [-0.2, 0) is 31.2 Å². The molecule has 2 aromatic rings. The van der Waals surface area contributed by atoms with Gasteiger partial charge in [-0.25, -0.2) is 11.4 Å². The summed E-state index contributed by atoms with van der Waals surface area (Å²) < 4.78 is 4.88. The molecule has 6 heteroatoms. The molecular weight excluding hydrogens is 344 g/mol. The molecule has 0 aliphatic carbocycles. The second kappa shape index (κ2) is 7.42. The largest absolute Gasteiger partial charge is 0.463 e. The summed E-state index contributed by atoms with van der Waals surface area (Å²) in [4.78, 5) is 42.9. The van der Waals surface area contributed by atoms with Gasteiger partial charge in [-0.15, -0.1) is 0 Å². The number of imide groups is 1. The van der Waals surface area contributed by atoms with Crippen molar-refractivity contribution in [2.75, 3.05) is 7.11 Å². The zero-order chi connectivity index (χ0) is 19.4. The van der Waals surface area contributed by atoms with E-state index < -0.39 is 29.2 Å². The van der Waals surface area contributed by atoms with Gasteiger partial charge in [0.25, 0.3) is 0 Å². The van der Waals surface area contributed by atoms with E-state index in [-0.39, 0.29) is 13.0 Å². The Balaban J connectivity index is 2.01. The summed E-state index contributed by atoms with van der Waals surface area (Å²) in [6, 6.07) is 17.4. The van der Waals surface area contributed by atoms with Gasteiger partial charge in [0.1, 0.15) is 5.92 Å². The van der Waals surface area contributed by atoms with E-state index in [2.05, 4.69) is 4.85 Å². The maximum atomic E-state index is 13.1. The Hall–Kier alpha value is -3.46. The second-order valence-corrected chi connectivity index (χ2v) is 6.30. The van der Waals surface area contributed by atoms with Crippen molar-refractivity contribution in [2.24, 2.45) is 5.92 Å². The average Bonchev–Trinajstić information content (AvgIpc) is 2.99. The molecule has 27 heavy (non-hydrogen) atoms. The first-order valence-electron chi connectivity index (χ1n) is 8.45. The van der Waals surface area contributed by atoms with Gasteiger partial charge in [0.05, 0.1) is 13.7 Å². The van der Waals surface area contributed by atoms with E-state index in [1.54, 1.807) is 30.3 Å². The molecule has 0 aromatic heterocycles. The number of amides is 2. The van der Waals surface area contributed by atoms with Gasteiger partial charge in [-0.3, -0.25) is 19.3 Å². The smallest absolute Gasteiger partial charge is 0.399 e. The summed E-state index contributed by atoms with van der Waals surface area (Å²) in [5.74, 6) is -2.90. The zero-order valence-corrected chi connectivity index (χ0v) is 14.8. The summed E-state index contributed by atoms with van der Waals surface area (Å²) in [6.07, 6.45) is -0.210. The fourth-order valence-electron chi connectivity index (χ4n) is 3.44. The van der Waals surface area contributed by atoms with Crippen LogP contribution in [-0.4, -0.2) is 29.8 Å². The molecule has 0 bridgehead atoms. The number of esters is 1. The lowest BCUT2D eigenvalue weighted by atomic mass is 9.77. The highest BCUT2D eigenvalue weighted by Gasteiger charge is 2.63. The Bertz CT molecular complexity index is 905. The molecule has 0 radical (unpaired) electrons. The molecule has 0 spiro atoms. The third-order valence-corrected chi connectivity index (χ3v) is 4.82. The van der Waals surface area contributed by atoms with Crippen LogP contribution in [0.5, 0.6) is 0 Å². The van der Waals surface area contributed by atoms with Crippen LogP contribution >= 0.6 is 0 Å².